The lowest BCUT2D eigenvalue weighted by Gasteiger charge is -2.22. The SMILES string of the molecule is Cc1ccc(S(=O)(=O)CCC(=O)N2CCCN(C(=O)Nc3ccc(Cl)cc3)CC2)cc1. The Morgan fingerprint density at radius 2 is 1.55 bits per heavy atom. The Bertz CT molecular complexity index is 1020. The lowest BCUT2D eigenvalue weighted by atomic mass is 10.2. The normalized spacial score (nSPS) is 14.8. The summed E-state index contributed by atoms with van der Waals surface area (Å²) in [5.41, 5.74) is 1.62. The summed E-state index contributed by atoms with van der Waals surface area (Å²) in [7, 11) is -3.51. The predicted molar refractivity (Wildman–Crippen MR) is 121 cm³/mol. The van der Waals surface area contributed by atoms with Crippen molar-refractivity contribution in [3.63, 3.8) is 0 Å². The van der Waals surface area contributed by atoms with Gasteiger partial charge in [0.2, 0.25) is 5.91 Å². The summed E-state index contributed by atoms with van der Waals surface area (Å²) < 4.78 is 25.0. The Kier molecular flexibility index (Phi) is 7.56. The summed E-state index contributed by atoms with van der Waals surface area (Å²) in [4.78, 5) is 28.7. The Hall–Kier alpha value is -2.58. The zero-order valence-corrected chi connectivity index (χ0v) is 19.0. The van der Waals surface area contributed by atoms with Crippen LogP contribution in [0.4, 0.5) is 10.5 Å². The molecule has 0 aromatic heterocycles. The smallest absolute Gasteiger partial charge is 0.321 e. The van der Waals surface area contributed by atoms with Crippen LogP contribution in [-0.4, -0.2) is 62.1 Å². The largest absolute Gasteiger partial charge is 0.341 e. The van der Waals surface area contributed by atoms with Crippen LogP contribution in [0, 0.1) is 6.92 Å². The van der Waals surface area contributed by atoms with E-state index >= 15 is 0 Å². The molecule has 1 aliphatic rings. The van der Waals surface area contributed by atoms with E-state index in [2.05, 4.69) is 5.32 Å². The lowest BCUT2D eigenvalue weighted by molar-refractivity contribution is -0.130. The molecule has 3 amide bonds. The van der Waals surface area contributed by atoms with Gasteiger partial charge in [0.25, 0.3) is 0 Å². The molecule has 1 heterocycles. The Labute approximate surface area is 187 Å². The van der Waals surface area contributed by atoms with Crippen LogP contribution < -0.4 is 5.32 Å². The van der Waals surface area contributed by atoms with Crippen LogP contribution in [0.15, 0.2) is 53.4 Å². The Morgan fingerprint density at radius 3 is 2.23 bits per heavy atom. The first-order chi connectivity index (χ1) is 14.7. The van der Waals surface area contributed by atoms with E-state index in [-0.39, 0.29) is 29.0 Å². The van der Waals surface area contributed by atoms with Crippen molar-refractivity contribution < 1.29 is 18.0 Å². The first kappa shape index (κ1) is 23.1. The molecule has 3 rings (SSSR count). The number of urea groups is 1. The fourth-order valence-electron chi connectivity index (χ4n) is 3.35. The standard InChI is InChI=1S/C22H26ClN3O4S/c1-17-3-9-20(10-4-17)31(29,30)16-11-21(27)25-12-2-13-26(15-14-25)22(28)24-19-7-5-18(23)6-8-19/h3-10H,2,11-16H2,1H3,(H,24,28). The average molecular weight is 464 g/mol. The zero-order valence-electron chi connectivity index (χ0n) is 17.4. The van der Waals surface area contributed by atoms with Gasteiger partial charge in [0.1, 0.15) is 0 Å². The van der Waals surface area contributed by atoms with Gasteiger partial charge in [-0.25, -0.2) is 13.2 Å². The van der Waals surface area contributed by atoms with E-state index in [9.17, 15) is 18.0 Å². The van der Waals surface area contributed by atoms with Crippen molar-refractivity contribution in [3.05, 3.63) is 59.1 Å². The van der Waals surface area contributed by atoms with Gasteiger partial charge >= 0.3 is 6.03 Å². The second-order valence-corrected chi connectivity index (χ2v) is 10.1. The first-order valence-corrected chi connectivity index (χ1v) is 12.2. The molecule has 0 saturated carbocycles. The van der Waals surface area contributed by atoms with E-state index in [0.717, 1.165) is 5.56 Å². The highest BCUT2D eigenvalue weighted by atomic mass is 35.5. The number of amides is 3. The summed E-state index contributed by atoms with van der Waals surface area (Å²) in [5, 5.41) is 3.41. The minimum atomic E-state index is -3.51. The molecular formula is C22H26ClN3O4S. The second-order valence-electron chi connectivity index (χ2n) is 7.54. The second kappa shape index (κ2) is 10.2. The number of sulfone groups is 1. The molecule has 0 bridgehead atoms. The van der Waals surface area contributed by atoms with Crippen LogP contribution in [0.2, 0.25) is 5.02 Å². The third kappa shape index (κ3) is 6.45. The number of nitrogens with one attached hydrogen (secondary N) is 1. The van der Waals surface area contributed by atoms with Gasteiger partial charge in [0.05, 0.1) is 10.6 Å². The fraction of sp³-hybridized carbons (Fsp3) is 0.364. The number of hydrogen-bond acceptors (Lipinski definition) is 4. The molecule has 7 nitrogen and oxygen atoms in total. The minimum absolute atomic E-state index is 0.0762. The lowest BCUT2D eigenvalue weighted by Crippen LogP contribution is -2.39. The summed E-state index contributed by atoms with van der Waals surface area (Å²) >= 11 is 5.86. The number of halogens is 1. The molecule has 9 heteroatoms. The average Bonchev–Trinajstić information content (AvgIpc) is 3.00. The van der Waals surface area contributed by atoms with Gasteiger partial charge in [-0.1, -0.05) is 29.3 Å². The summed E-state index contributed by atoms with van der Waals surface area (Å²) in [6.45, 7) is 3.66. The van der Waals surface area contributed by atoms with Crippen LogP contribution in [0.5, 0.6) is 0 Å². The number of rotatable bonds is 5. The molecule has 0 unspecified atom stereocenters. The molecule has 31 heavy (non-hydrogen) atoms. The highest BCUT2D eigenvalue weighted by Gasteiger charge is 2.24. The highest BCUT2D eigenvalue weighted by Crippen LogP contribution is 2.16. The van der Waals surface area contributed by atoms with Crippen molar-refractivity contribution in [3.8, 4) is 0 Å². The highest BCUT2D eigenvalue weighted by molar-refractivity contribution is 7.91. The monoisotopic (exact) mass is 463 g/mol. The van der Waals surface area contributed by atoms with Crippen molar-refractivity contribution in [2.45, 2.75) is 24.7 Å². The zero-order chi connectivity index (χ0) is 22.4. The number of carbonyl (C=O) groups is 2. The maximum atomic E-state index is 12.6. The molecule has 1 N–H and O–H groups in total. The van der Waals surface area contributed by atoms with Crippen molar-refractivity contribution in [1.82, 2.24) is 9.80 Å². The summed E-state index contributed by atoms with van der Waals surface area (Å²) in [6.07, 6.45) is 0.553. The van der Waals surface area contributed by atoms with Gasteiger partial charge in [0.15, 0.2) is 9.84 Å². The van der Waals surface area contributed by atoms with E-state index in [0.29, 0.717) is 43.3 Å². The van der Waals surface area contributed by atoms with E-state index < -0.39 is 9.84 Å². The number of hydrogen-bond donors (Lipinski definition) is 1. The maximum absolute atomic E-state index is 12.6. The van der Waals surface area contributed by atoms with E-state index in [1.54, 1.807) is 58.3 Å². The van der Waals surface area contributed by atoms with Crippen LogP contribution in [0.3, 0.4) is 0 Å². The van der Waals surface area contributed by atoms with Crippen molar-refractivity contribution in [1.29, 1.82) is 0 Å². The third-order valence-corrected chi connectivity index (χ3v) is 7.18. The number of aryl methyl sites for hydroxylation is 1. The number of anilines is 1. The number of benzene rings is 2. The first-order valence-electron chi connectivity index (χ1n) is 10.1. The molecule has 0 atom stereocenters. The van der Waals surface area contributed by atoms with Gasteiger partial charge in [-0.2, -0.15) is 0 Å². The van der Waals surface area contributed by atoms with Gasteiger partial charge in [-0.3, -0.25) is 4.79 Å². The number of carbonyl (C=O) groups excluding carboxylic acids is 2. The fourth-order valence-corrected chi connectivity index (χ4v) is 4.70. The molecule has 0 spiro atoms. The summed E-state index contributed by atoms with van der Waals surface area (Å²) in [5.74, 6) is -0.442. The predicted octanol–water partition coefficient (Wildman–Crippen LogP) is 3.58. The van der Waals surface area contributed by atoms with Gasteiger partial charge in [0, 0.05) is 43.3 Å². The van der Waals surface area contributed by atoms with Gasteiger partial charge < -0.3 is 15.1 Å². The van der Waals surface area contributed by atoms with Crippen molar-refractivity contribution >= 4 is 39.1 Å². The van der Waals surface area contributed by atoms with Gasteiger partial charge in [-0.15, -0.1) is 0 Å². The van der Waals surface area contributed by atoms with Crippen molar-refractivity contribution in [2.75, 3.05) is 37.2 Å². The molecule has 1 aliphatic heterocycles. The molecule has 2 aromatic carbocycles. The van der Waals surface area contributed by atoms with E-state index in [4.69, 9.17) is 11.6 Å². The van der Waals surface area contributed by atoms with Crippen LogP contribution >= 0.6 is 11.6 Å². The Balaban J connectivity index is 1.51. The van der Waals surface area contributed by atoms with Crippen LogP contribution in [-0.2, 0) is 14.6 Å². The topological polar surface area (TPSA) is 86.8 Å². The van der Waals surface area contributed by atoms with Crippen molar-refractivity contribution in [2.24, 2.45) is 0 Å². The molecule has 1 saturated heterocycles. The molecule has 1 fully saturated rings. The molecule has 0 radical (unpaired) electrons. The number of nitrogens with zero attached hydrogens (tertiary/aromatic N) is 2. The summed E-state index contributed by atoms with van der Waals surface area (Å²) in [6, 6.07) is 13.2. The maximum Gasteiger partial charge on any atom is 0.321 e. The van der Waals surface area contributed by atoms with E-state index in [1.165, 1.54) is 0 Å². The quantitative estimate of drug-likeness (QED) is 0.734. The molecular weight excluding hydrogens is 438 g/mol. The Morgan fingerprint density at radius 1 is 0.935 bits per heavy atom. The van der Waals surface area contributed by atoms with Crippen LogP contribution in [0.1, 0.15) is 18.4 Å². The van der Waals surface area contributed by atoms with Gasteiger partial charge in [-0.05, 0) is 49.7 Å². The van der Waals surface area contributed by atoms with E-state index in [1.807, 2.05) is 6.92 Å². The third-order valence-electron chi connectivity index (χ3n) is 5.20. The molecule has 166 valence electrons. The van der Waals surface area contributed by atoms with Crippen LogP contribution in [0.25, 0.3) is 0 Å². The minimum Gasteiger partial charge on any atom is -0.341 e. The molecule has 0 aliphatic carbocycles. The molecule has 2 aromatic rings.